The molecule has 0 fully saturated rings. The van der Waals surface area contributed by atoms with Gasteiger partial charge in [-0.3, -0.25) is 0 Å². The van der Waals surface area contributed by atoms with Crippen LogP contribution in [0.2, 0.25) is 5.02 Å². The molecule has 2 N–H and O–H groups in total. The maximum absolute atomic E-state index is 12.6. The zero-order chi connectivity index (χ0) is 10.1. The lowest BCUT2D eigenvalue weighted by Gasteiger charge is -2.02. The Bertz CT molecular complexity index is 400. The van der Waals surface area contributed by atoms with Crippen LogP contribution < -0.4 is 9.32 Å². The second-order valence-corrected chi connectivity index (χ2v) is 3.77. The molecule has 1 aromatic rings. The van der Waals surface area contributed by atoms with Gasteiger partial charge >= 0.3 is 10.3 Å². The smallest absolute Gasteiger partial charge is 0.371 e. The van der Waals surface area contributed by atoms with Crippen LogP contribution in [0.15, 0.2) is 18.2 Å². The third kappa shape index (κ3) is 3.58. The summed E-state index contributed by atoms with van der Waals surface area (Å²) < 4.78 is 37.6. The van der Waals surface area contributed by atoms with Crippen LogP contribution in [-0.2, 0) is 10.3 Å². The molecule has 0 saturated carbocycles. The Hall–Kier alpha value is -0.850. The SMILES string of the molecule is NS(=O)(=O)Oc1cc(F)cc(Cl)c1. The Morgan fingerprint density at radius 1 is 1.38 bits per heavy atom. The van der Waals surface area contributed by atoms with Crippen LogP contribution in [0.25, 0.3) is 0 Å². The van der Waals surface area contributed by atoms with Gasteiger partial charge in [0.1, 0.15) is 11.6 Å². The average Bonchev–Trinajstić information content (AvgIpc) is 1.78. The zero-order valence-electron chi connectivity index (χ0n) is 6.20. The van der Waals surface area contributed by atoms with Crippen molar-refractivity contribution in [3.05, 3.63) is 29.0 Å². The van der Waals surface area contributed by atoms with E-state index in [0.29, 0.717) is 0 Å². The summed E-state index contributed by atoms with van der Waals surface area (Å²) in [6, 6.07) is 3.00. The number of benzene rings is 1. The molecule has 0 atom stereocenters. The van der Waals surface area contributed by atoms with Crippen LogP contribution in [-0.4, -0.2) is 8.42 Å². The van der Waals surface area contributed by atoms with Crippen molar-refractivity contribution in [2.45, 2.75) is 0 Å². The summed E-state index contributed by atoms with van der Waals surface area (Å²) in [4.78, 5) is 0. The first kappa shape index (κ1) is 10.2. The van der Waals surface area contributed by atoms with Crippen molar-refractivity contribution in [3.63, 3.8) is 0 Å². The lowest BCUT2D eigenvalue weighted by atomic mass is 10.3. The molecule has 0 radical (unpaired) electrons. The normalized spacial score (nSPS) is 11.3. The molecule has 0 bridgehead atoms. The van der Waals surface area contributed by atoms with E-state index >= 15 is 0 Å². The van der Waals surface area contributed by atoms with Gasteiger partial charge in [0, 0.05) is 17.2 Å². The van der Waals surface area contributed by atoms with Gasteiger partial charge in [-0.15, -0.1) is 0 Å². The number of halogens is 2. The molecule has 72 valence electrons. The van der Waals surface area contributed by atoms with E-state index in [1.54, 1.807) is 0 Å². The van der Waals surface area contributed by atoms with Crippen LogP contribution in [0, 0.1) is 5.82 Å². The van der Waals surface area contributed by atoms with Gasteiger partial charge in [-0.2, -0.15) is 13.6 Å². The molecule has 0 aliphatic carbocycles. The molecule has 1 rings (SSSR count). The third-order valence-corrected chi connectivity index (χ3v) is 1.69. The first-order chi connectivity index (χ1) is 5.87. The van der Waals surface area contributed by atoms with Gasteiger partial charge in [0.05, 0.1) is 0 Å². The predicted molar refractivity (Wildman–Crippen MR) is 45.1 cm³/mol. The van der Waals surface area contributed by atoms with E-state index in [-0.39, 0.29) is 10.8 Å². The third-order valence-electron chi connectivity index (χ3n) is 1.05. The van der Waals surface area contributed by atoms with Gasteiger partial charge in [-0.1, -0.05) is 11.6 Å². The first-order valence-electron chi connectivity index (χ1n) is 3.05. The molecule has 0 unspecified atom stereocenters. The number of rotatable bonds is 2. The second kappa shape index (κ2) is 3.49. The maximum atomic E-state index is 12.6. The number of hydrogen-bond donors (Lipinski definition) is 1. The van der Waals surface area contributed by atoms with E-state index < -0.39 is 16.1 Å². The standard InChI is InChI=1S/C6H5ClFNO3S/c7-4-1-5(8)3-6(2-4)12-13(9,10)11/h1-3H,(H2,9,10,11). The summed E-state index contributed by atoms with van der Waals surface area (Å²) in [5.41, 5.74) is 0. The zero-order valence-corrected chi connectivity index (χ0v) is 7.77. The van der Waals surface area contributed by atoms with Gasteiger partial charge < -0.3 is 4.18 Å². The number of nitrogens with two attached hydrogens (primary N) is 1. The Labute approximate surface area is 79.3 Å². The summed E-state index contributed by atoms with van der Waals surface area (Å²) in [5.74, 6) is -0.960. The van der Waals surface area contributed by atoms with E-state index in [9.17, 15) is 12.8 Å². The molecule has 0 aliphatic rings. The molecular weight excluding hydrogens is 221 g/mol. The molecule has 13 heavy (non-hydrogen) atoms. The molecule has 1 aromatic carbocycles. The molecule has 4 nitrogen and oxygen atoms in total. The first-order valence-corrected chi connectivity index (χ1v) is 4.90. The maximum Gasteiger partial charge on any atom is 0.380 e. The van der Waals surface area contributed by atoms with Crippen molar-refractivity contribution >= 4 is 21.9 Å². The van der Waals surface area contributed by atoms with Crippen LogP contribution in [0.3, 0.4) is 0 Å². The minimum absolute atomic E-state index is 0.0265. The molecule has 0 aliphatic heterocycles. The molecule has 0 heterocycles. The molecule has 7 heteroatoms. The minimum atomic E-state index is -4.14. The Balaban J connectivity index is 3.03. The molecular formula is C6H5ClFNO3S. The van der Waals surface area contributed by atoms with Crippen molar-refractivity contribution in [1.82, 2.24) is 0 Å². The van der Waals surface area contributed by atoms with Crippen LogP contribution in [0.5, 0.6) is 5.75 Å². The summed E-state index contributed by atoms with van der Waals surface area (Å²) in [6.45, 7) is 0. The quantitative estimate of drug-likeness (QED) is 0.818. The Morgan fingerprint density at radius 2 is 2.00 bits per heavy atom. The van der Waals surface area contributed by atoms with Gasteiger partial charge in [-0.05, 0) is 6.07 Å². The van der Waals surface area contributed by atoms with Crippen molar-refractivity contribution in [3.8, 4) is 5.75 Å². The Kier molecular flexibility index (Phi) is 2.74. The van der Waals surface area contributed by atoms with E-state index in [4.69, 9.17) is 11.6 Å². The highest BCUT2D eigenvalue weighted by molar-refractivity contribution is 7.84. The fraction of sp³-hybridized carbons (Fsp3) is 0. The fourth-order valence-corrected chi connectivity index (χ4v) is 1.29. The van der Waals surface area contributed by atoms with Gasteiger partial charge in [0.25, 0.3) is 0 Å². The highest BCUT2D eigenvalue weighted by Crippen LogP contribution is 2.20. The minimum Gasteiger partial charge on any atom is -0.371 e. The Morgan fingerprint density at radius 3 is 2.46 bits per heavy atom. The largest absolute Gasteiger partial charge is 0.380 e. The van der Waals surface area contributed by atoms with Crippen LogP contribution >= 0.6 is 11.6 Å². The van der Waals surface area contributed by atoms with Gasteiger partial charge in [0.2, 0.25) is 0 Å². The summed E-state index contributed by atoms with van der Waals surface area (Å²) in [5, 5.41) is 4.58. The van der Waals surface area contributed by atoms with E-state index in [1.165, 1.54) is 0 Å². The molecule has 0 spiro atoms. The van der Waals surface area contributed by atoms with Crippen LogP contribution in [0.4, 0.5) is 4.39 Å². The predicted octanol–water partition coefficient (Wildman–Crippen LogP) is 1.06. The summed E-state index contributed by atoms with van der Waals surface area (Å²) in [7, 11) is -4.14. The van der Waals surface area contributed by atoms with E-state index in [1.807, 2.05) is 0 Å². The monoisotopic (exact) mass is 225 g/mol. The number of hydrogen-bond acceptors (Lipinski definition) is 3. The lowest BCUT2D eigenvalue weighted by molar-refractivity contribution is 0.485. The molecule has 0 aromatic heterocycles. The highest BCUT2D eigenvalue weighted by atomic mass is 35.5. The summed E-state index contributed by atoms with van der Waals surface area (Å²) >= 11 is 5.42. The van der Waals surface area contributed by atoms with Gasteiger partial charge in [0.15, 0.2) is 0 Å². The van der Waals surface area contributed by atoms with Crippen molar-refractivity contribution in [1.29, 1.82) is 0 Å². The molecule has 0 saturated heterocycles. The van der Waals surface area contributed by atoms with E-state index in [0.717, 1.165) is 18.2 Å². The second-order valence-electron chi connectivity index (χ2n) is 2.18. The van der Waals surface area contributed by atoms with E-state index in [2.05, 4.69) is 9.32 Å². The average molecular weight is 226 g/mol. The van der Waals surface area contributed by atoms with Crippen molar-refractivity contribution in [2.75, 3.05) is 0 Å². The van der Waals surface area contributed by atoms with Crippen LogP contribution in [0.1, 0.15) is 0 Å². The van der Waals surface area contributed by atoms with Crippen molar-refractivity contribution in [2.24, 2.45) is 5.14 Å². The summed E-state index contributed by atoms with van der Waals surface area (Å²) in [6.07, 6.45) is 0. The highest BCUT2D eigenvalue weighted by Gasteiger charge is 2.06. The van der Waals surface area contributed by atoms with Gasteiger partial charge in [-0.25, -0.2) is 4.39 Å². The fourth-order valence-electron chi connectivity index (χ4n) is 0.711. The topological polar surface area (TPSA) is 69.4 Å². The van der Waals surface area contributed by atoms with Crippen molar-refractivity contribution < 1.29 is 17.0 Å². The lowest BCUT2D eigenvalue weighted by Crippen LogP contribution is -2.18. The molecule has 0 amide bonds.